The number of carbonyl (C=O) groups excluding carboxylic acids is 1. The zero-order valence-corrected chi connectivity index (χ0v) is 15.0. The van der Waals surface area contributed by atoms with Crippen LogP contribution in [0, 0.1) is 6.92 Å². The average Bonchev–Trinajstić information content (AvgIpc) is 2.65. The van der Waals surface area contributed by atoms with Crippen LogP contribution in [-0.2, 0) is 0 Å². The van der Waals surface area contributed by atoms with E-state index in [0.717, 1.165) is 16.7 Å². The maximum absolute atomic E-state index is 13.2. The Morgan fingerprint density at radius 2 is 1.69 bits per heavy atom. The van der Waals surface area contributed by atoms with Gasteiger partial charge in [0.15, 0.2) is 11.9 Å². The third-order valence-corrected chi connectivity index (χ3v) is 4.72. The van der Waals surface area contributed by atoms with Crippen LogP contribution in [0.15, 0.2) is 78.4 Å². The topological polar surface area (TPSA) is 26.3 Å². The second kappa shape index (κ2) is 6.81. The molecule has 1 aliphatic heterocycles. The fourth-order valence-corrected chi connectivity index (χ4v) is 3.26. The number of halogens is 1. The highest BCUT2D eigenvalue weighted by atomic mass is 35.5. The van der Waals surface area contributed by atoms with E-state index in [0.29, 0.717) is 21.9 Å². The van der Waals surface area contributed by atoms with Gasteiger partial charge < -0.3 is 4.74 Å². The van der Waals surface area contributed by atoms with Crippen LogP contribution in [0.25, 0.3) is 6.08 Å². The first-order valence-corrected chi connectivity index (χ1v) is 8.84. The van der Waals surface area contributed by atoms with Crippen LogP contribution >= 0.6 is 11.6 Å². The number of hydrogen-bond acceptors (Lipinski definition) is 2. The second-order valence-electron chi connectivity index (χ2n) is 6.39. The zero-order valence-electron chi connectivity index (χ0n) is 14.3. The molecule has 0 saturated heterocycles. The molecule has 0 N–H and O–H groups in total. The Morgan fingerprint density at radius 3 is 2.42 bits per heavy atom. The lowest BCUT2D eigenvalue weighted by Gasteiger charge is -2.28. The van der Waals surface area contributed by atoms with Crippen LogP contribution < -0.4 is 4.74 Å². The van der Waals surface area contributed by atoms with Crippen molar-refractivity contribution in [3.8, 4) is 5.75 Å². The molecule has 1 aliphatic rings. The number of Topliss-reactive ketones (excluding diaryl/α,β-unsaturated/α-hetero) is 1. The van der Waals surface area contributed by atoms with Crippen LogP contribution in [0.1, 0.15) is 33.2 Å². The molecular weight excluding hydrogens is 344 g/mol. The van der Waals surface area contributed by atoms with Crippen molar-refractivity contribution in [2.24, 2.45) is 0 Å². The van der Waals surface area contributed by atoms with Crippen LogP contribution in [0.2, 0.25) is 5.02 Å². The van der Waals surface area contributed by atoms with Crippen molar-refractivity contribution >= 4 is 23.5 Å². The molecule has 4 rings (SSSR count). The minimum Gasteiger partial charge on any atom is -0.480 e. The highest BCUT2D eigenvalue weighted by Crippen LogP contribution is 2.39. The Bertz CT molecular complexity index is 988. The van der Waals surface area contributed by atoms with Gasteiger partial charge in [0.25, 0.3) is 0 Å². The van der Waals surface area contributed by atoms with Gasteiger partial charge in [0.05, 0.1) is 5.56 Å². The molecule has 0 radical (unpaired) electrons. The van der Waals surface area contributed by atoms with E-state index in [-0.39, 0.29) is 5.78 Å². The zero-order chi connectivity index (χ0) is 18.1. The van der Waals surface area contributed by atoms with E-state index in [1.807, 2.05) is 85.8 Å². The number of benzene rings is 3. The molecule has 3 heteroatoms. The Labute approximate surface area is 157 Å². The van der Waals surface area contributed by atoms with Gasteiger partial charge in [-0.3, -0.25) is 4.79 Å². The fraction of sp³-hybridized carbons (Fsp3) is 0.0870. The van der Waals surface area contributed by atoms with Gasteiger partial charge in [-0.05, 0) is 54.0 Å². The number of aryl methyl sites for hydroxylation is 1. The average molecular weight is 361 g/mol. The molecular formula is C23H17ClO2. The van der Waals surface area contributed by atoms with Crippen LogP contribution in [0.5, 0.6) is 5.75 Å². The van der Waals surface area contributed by atoms with E-state index in [1.54, 1.807) is 0 Å². The lowest BCUT2D eigenvalue weighted by atomic mass is 9.89. The molecule has 128 valence electrons. The maximum Gasteiger partial charge on any atom is 0.196 e. The fourth-order valence-electron chi connectivity index (χ4n) is 3.13. The third-order valence-electron chi connectivity index (χ3n) is 4.47. The second-order valence-corrected chi connectivity index (χ2v) is 6.82. The van der Waals surface area contributed by atoms with Crippen molar-refractivity contribution in [2.75, 3.05) is 0 Å². The van der Waals surface area contributed by atoms with Gasteiger partial charge in [-0.25, -0.2) is 0 Å². The van der Waals surface area contributed by atoms with Gasteiger partial charge in [0.2, 0.25) is 0 Å². The summed E-state index contributed by atoms with van der Waals surface area (Å²) in [7, 11) is 0. The summed E-state index contributed by atoms with van der Waals surface area (Å²) < 4.78 is 6.26. The van der Waals surface area contributed by atoms with E-state index in [4.69, 9.17) is 16.3 Å². The maximum atomic E-state index is 13.2. The molecule has 2 nitrogen and oxygen atoms in total. The Balaban J connectivity index is 1.86. The first-order valence-electron chi connectivity index (χ1n) is 8.46. The van der Waals surface area contributed by atoms with Crippen molar-refractivity contribution in [3.63, 3.8) is 0 Å². The molecule has 0 saturated carbocycles. The predicted octanol–water partition coefficient (Wildman–Crippen LogP) is 6.05. The standard InChI is InChI=1S/C23H17ClO2/c1-15-7-12-19-21(13-15)26-23(17-8-10-18(24)11-9-17)20(22(19)25)14-16-5-3-2-4-6-16/h2-14,23H,1H3/b20-14-. The molecule has 1 unspecified atom stereocenters. The van der Waals surface area contributed by atoms with Gasteiger partial charge in [-0.15, -0.1) is 0 Å². The van der Waals surface area contributed by atoms with E-state index in [1.165, 1.54) is 0 Å². The molecule has 1 heterocycles. The van der Waals surface area contributed by atoms with E-state index in [2.05, 4.69) is 0 Å². The van der Waals surface area contributed by atoms with Crippen LogP contribution in [0.3, 0.4) is 0 Å². The number of hydrogen-bond donors (Lipinski definition) is 0. The largest absolute Gasteiger partial charge is 0.480 e. The van der Waals surface area contributed by atoms with Crippen molar-refractivity contribution in [3.05, 3.63) is 106 Å². The van der Waals surface area contributed by atoms with Crippen molar-refractivity contribution in [1.82, 2.24) is 0 Å². The Hall–Kier alpha value is -2.84. The molecule has 0 aliphatic carbocycles. The quantitative estimate of drug-likeness (QED) is 0.520. The van der Waals surface area contributed by atoms with E-state index in [9.17, 15) is 4.79 Å². The Morgan fingerprint density at radius 1 is 0.962 bits per heavy atom. The minimum atomic E-state index is -0.464. The lowest BCUT2D eigenvalue weighted by Crippen LogP contribution is -2.23. The van der Waals surface area contributed by atoms with Gasteiger partial charge in [0, 0.05) is 10.6 Å². The molecule has 0 fully saturated rings. The summed E-state index contributed by atoms with van der Waals surface area (Å²) in [4.78, 5) is 13.2. The number of fused-ring (bicyclic) bond motifs is 1. The van der Waals surface area contributed by atoms with Gasteiger partial charge >= 0.3 is 0 Å². The summed E-state index contributed by atoms with van der Waals surface area (Å²) in [5, 5.41) is 0.653. The van der Waals surface area contributed by atoms with E-state index < -0.39 is 6.10 Å². The Kier molecular flexibility index (Phi) is 4.36. The molecule has 3 aromatic rings. The number of ether oxygens (including phenoxy) is 1. The monoisotopic (exact) mass is 360 g/mol. The highest BCUT2D eigenvalue weighted by Gasteiger charge is 2.32. The molecule has 0 amide bonds. The molecule has 0 spiro atoms. The van der Waals surface area contributed by atoms with Gasteiger partial charge in [-0.1, -0.05) is 60.1 Å². The summed E-state index contributed by atoms with van der Waals surface area (Å²) >= 11 is 6.02. The molecule has 0 aromatic heterocycles. The summed E-state index contributed by atoms with van der Waals surface area (Å²) in [5.74, 6) is 0.621. The summed E-state index contributed by atoms with van der Waals surface area (Å²) in [6, 6.07) is 22.9. The predicted molar refractivity (Wildman–Crippen MR) is 105 cm³/mol. The van der Waals surface area contributed by atoms with Crippen molar-refractivity contribution in [1.29, 1.82) is 0 Å². The van der Waals surface area contributed by atoms with Gasteiger partial charge in [0.1, 0.15) is 5.75 Å². The van der Waals surface area contributed by atoms with E-state index >= 15 is 0 Å². The first kappa shape index (κ1) is 16.6. The van der Waals surface area contributed by atoms with Crippen LogP contribution in [0.4, 0.5) is 0 Å². The molecule has 1 atom stereocenters. The highest BCUT2D eigenvalue weighted by molar-refractivity contribution is 6.30. The first-order chi connectivity index (χ1) is 12.6. The normalized spacial score (nSPS) is 17.7. The third kappa shape index (κ3) is 3.16. The smallest absolute Gasteiger partial charge is 0.196 e. The molecule has 0 bridgehead atoms. The number of ketones is 1. The number of rotatable bonds is 2. The minimum absolute atomic E-state index is 0.00458. The van der Waals surface area contributed by atoms with Crippen molar-refractivity contribution in [2.45, 2.75) is 13.0 Å². The lowest BCUT2D eigenvalue weighted by molar-refractivity contribution is 0.0963. The summed E-state index contributed by atoms with van der Waals surface area (Å²) in [6.07, 6.45) is 1.44. The number of carbonyl (C=O) groups is 1. The molecule has 3 aromatic carbocycles. The van der Waals surface area contributed by atoms with Gasteiger partial charge in [-0.2, -0.15) is 0 Å². The summed E-state index contributed by atoms with van der Waals surface area (Å²) in [6.45, 7) is 1.99. The van der Waals surface area contributed by atoms with Crippen molar-refractivity contribution < 1.29 is 9.53 Å². The van der Waals surface area contributed by atoms with Crippen LogP contribution in [-0.4, -0.2) is 5.78 Å². The molecule has 26 heavy (non-hydrogen) atoms. The summed E-state index contributed by atoms with van der Waals surface area (Å²) in [5.41, 5.74) is 4.14. The SMILES string of the molecule is Cc1ccc2c(c1)OC(c1ccc(Cl)cc1)/C(=C\c1ccccc1)C2=O.